The van der Waals surface area contributed by atoms with E-state index in [1.807, 2.05) is 36.2 Å². The van der Waals surface area contributed by atoms with Crippen LogP contribution in [0.1, 0.15) is 41.7 Å². The van der Waals surface area contributed by atoms with Crippen molar-refractivity contribution in [2.45, 2.75) is 39.7 Å². The van der Waals surface area contributed by atoms with Gasteiger partial charge in [0.25, 0.3) is 0 Å². The molecule has 0 amide bonds. The molecule has 4 heterocycles. The van der Waals surface area contributed by atoms with Crippen molar-refractivity contribution in [3.05, 3.63) is 41.2 Å². The van der Waals surface area contributed by atoms with Crippen LogP contribution < -0.4 is 4.90 Å². The normalized spacial score (nSPS) is 17.2. The summed E-state index contributed by atoms with van der Waals surface area (Å²) in [7, 11) is 1.93. The Morgan fingerprint density at radius 1 is 1.19 bits per heavy atom. The molecule has 0 saturated carbocycles. The van der Waals surface area contributed by atoms with E-state index in [9.17, 15) is 5.11 Å². The number of aryl methyl sites for hydroxylation is 4. The molecule has 0 spiro atoms. The van der Waals surface area contributed by atoms with E-state index < -0.39 is 6.10 Å². The Hall–Kier alpha value is -2.41. The van der Waals surface area contributed by atoms with Gasteiger partial charge in [0.05, 0.1) is 5.69 Å². The Morgan fingerprint density at radius 3 is 2.58 bits per heavy atom. The SMILES string of the molecule is Cc1cc(N2CCC([C@H](O)c3nccn3C)CC2)n2nc(C)c(C)c2n1. The molecule has 138 valence electrons. The minimum absolute atomic E-state index is 0.229. The van der Waals surface area contributed by atoms with Crippen LogP contribution in [0.15, 0.2) is 18.5 Å². The van der Waals surface area contributed by atoms with Crippen LogP contribution in [-0.4, -0.2) is 42.3 Å². The maximum atomic E-state index is 10.7. The van der Waals surface area contributed by atoms with E-state index in [2.05, 4.69) is 33.0 Å². The van der Waals surface area contributed by atoms with E-state index in [1.54, 1.807) is 6.20 Å². The lowest BCUT2D eigenvalue weighted by Crippen LogP contribution is -2.37. The monoisotopic (exact) mass is 354 g/mol. The van der Waals surface area contributed by atoms with Crippen molar-refractivity contribution in [1.82, 2.24) is 24.1 Å². The molecule has 0 radical (unpaired) electrons. The summed E-state index contributed by atoms with van der Waals surface area (Å²) < 4.78 is 3.87. The van der Waals surface area contributed by atoms with Gasteiger partial charge in [0.2, 0.25) is 0 Å². The zero-order valence-electron chi connectivity index (χ0n) is 15.8. The Balaban J connectivity index is 1.56. The summed E-state index contributed by atoms with van der Waals surface area (Å²) in [5, 5.41) is 15.4. The molecule has 0 unspecified atom stereocenters. The van der Waals surface area contributed by atoms with Gasteiger partial charge >= 0.3 is 0 Å². The second-order valence-corrected chi connectivity index (χ2v) is 7.37. The summed E-state index contributed by atoms with van der Waals surface area (Å²) in [6.45, 7) is 7.91. The lowest BCUT2D eigenvalue weighted by Gasteiger charge is -2.35. The standard InChI is InChI=1S/C19H26N6O/c1-12-11-16(25-18(21-12)13(2)14(3)22-25)24-8-5-15(6-9-24)17(26)19-20-7-10-23(19)4/h7,10-11,15,17,26H,5-6,8-9H2,1-4H3/t17-/m0/s1. The first kappa shape index (κ1) is 17.0. The third kappa shape index (κ3) is 2.76. The van der Waals surface area contributed by atoms with Crippen LogP contribution in [0.4, 0.5) is 5.82 Å². The van der Waals surface area contributed by atoms with Crippen molar-refractivity contribution in [3.8, 4) is 0 Å². The summed E-state index contributed by atoms with van der Waals surface area (Å²) in [5.41, 5.74) is 4.10. The predicted molar refractivity (Wildman–Crippen MR) is 100 cm³/mol. The molecule has 7 nitrogen and oxygen atoms in total. The molecule has 0 aliphatic carbocycles. The average molecular weight is 354 g/mol. The van der Waals surface area contributed by atoms with Crippen molar-refractivity contribution in [2.75, 3.05) is 18.0 Å². The first-order valence-corrected chi connectivity index (χ1v) is 9.19. The number of aliphatic hydroxyl groups is 1. The fourth-order valence-corrected chi connectivity index (χ4v) is 3.87. The maximum Gasteiger partial charge on any atom is 0.160 e. The molecule has 1 fully saturated rings. The van der Waals surface area contributed by atoms with Crippen LogP contribution in [0, 0.1) is 26.7 Å². The largest absolute Gasteiger partial charge is 0.385 e. The van der Waals surface area contributed by atoms with E-state index in [4.69, 9.17) is 0 Å². The average Bonchev–Trinajstić information content (AvgIpc) is 3.18. The molecule has 1 saturated heterocycles. The highest BCUT2D eigenvalue weighted by atomic mass is 16.3. The van der Waals surface area contributed by atoms with Gasteiger partial charge in [-0.3, -0.25) is 0 Å². The maximum absolute atomic E-state index is 10.7. The number of aromatic nitrogens is 5. The zero-order valence-corrected chi connectivity index (χ0v) is 15.8. The number of rotatable bonds is 3. The number of hydrogen-bond donors (Lipinski definition) is 1. The van der Waals surface area contributed by atoms with Gasteiger partial charge in [-0.25, -0.2) is 9.97 Å². The number of fused-ring (bicyclic) bond motifs is 1. The van der Waals surface area contributed by atoms with Crippen molar-refractivity contribution in [2.24, 2.45) is 13.0 Å². The number of aliphatic hydroxyl groups excluding tert-OH is 1. The van der Waals surface area contributed by atoms with Crippen molar-refractivity contribution in [3.63, 3.8) is 0 Å². The topological polar surface area (TPSA) is 71.5 Å². The molecule has 1 aliphatic rings. The van der Waals surface area contributed by atoms with E-state index in [0.29, 0.717) is 0 Å². The van der Waals surface area contributed by atoms with Gasteiger partial charge in [-0.2, -0.15) is 9.61 Å². The quantitative estimate of drug-likeness (QED) is 0.782. The van der Waals surface area contributed by atoms with Crippen LogP contribution in [0.5, 0.6) is 0 Å². The van der Waals surface area contributed by atoms with E-state index >= 15 is 0 Å². The lowest BCUT2D eigenvalue weighted by atomic mass is 9.90. The van der Waals surface area contributed by atoms with Crippen LogP contribution in [0.2, 0.25) is 0 Å². The van der Waals surface area contributed by atoms with E-state index in [0.717, 1.165) is 60.2 Å². The smallest absolute Gasteiger partial charge is 0.160 e. The molecule has 7 heteroatoms. The van der Waals surface area contributed by atoms with Gasteiger partial charge in [0, 0.05) is 49.9 Å². The molecule has 0 bridgehead atoms. The Labute approximate surface area is 153 Å². The lowest BCUT2D eigenvalue weighted by molar-refractivity contribution is 0.0823. The first-order chi connectivity index (χ1) is 12.5. The fourth-order valence-electron chi connectivity index (χ4n) is 3.87. The van der Waals surface area contributed by atoms with Crippen LogP contribution >= 0.6 is 0 Å². The van der Waals surface area contributed by atoms with E-state index in [1.165, 1.54) is 0 Å². The number of nitrogens with zero attached hydrogens (tertiary/aromatic N) is 6. The highest BCUT2D eigenvalue weighted by molar-refractivity contribution is 5.57. The minimum atomic E-state index is -0.509. The van der Waals surface area contributed by atoms with E-state index in [-0.39, 0.29) is 5.92 Å². The second kappa shape index (κ2) is 6.39. The van der Waals surface area contributed by atoms with Crippen molar-refractivity contribution < 1.29 is 5.11 Å². The van der Waals surface area contributed by atoms with Crippen LogP contribution in [-0.2, 0) is 7.05 Å². The Kier molecular flexibility index (Phi) is 4.19. The summed E-state index contributed by atoms with van der Waals surface area (Å²) in [6.07, 6.45) is 4.97. The molecule has 1 aliphatic heterocycles. The summed E-state index contributed by atoms with van der Waals surface area (Å²) >= 11 is 0. The highest BCUT2D eigenvalue weighted by Gasteiger charge is 2.29. The molecule has 4 rings (SSSR count). The number of hydrogen-bond acceptors (Lipinski definition) is 5. The Morgan fingerprint density at radius 2 is 1.92 bits per heavy atom. The summed E-state index contributed by atoms with van der Waals surface area (Å²) in [4.78, 5) is 11.3. The third-order valence-corrected chi connectivity index (χ3v) is 5.60. The number of piperidine rings is 1. The van der Waals surface area contributed by atoms with Gasteiger partial charge < -0.3 is 14.6 Å². The van der Waals surface area contributed by atoms with Crippen LogP contribution in [0.25, 0.3) is 5.65 Å². The molecule has 1 atom stereocenters. The van der Waals surface area contributed by atoms with Crippen molar-refractivity contribution >= 4 is 11.5 Å². The predicted octanol–water partition coefficient (Wildman–Crippen LogP) is 2.34. The van der Waals surface area contributed by atoms with Gasteiger partial charge in [-0.05, 0) is 39.5 Å². The molecule has 26 heavy (non-hydrogen) atoms. The molecular formula is C19H26N6O. The minimum Gasteiger partial charge on any atom is -0.385 e. The van der Waals surface area contributed by atoms with Crippen LogP contribution in [0.3, 0.4) is 0 Å². The number of imidazole rings is 1. The molecule has 1 N–H and O–H groups in total. The highest BCUT2D eigenvalue weighted by Crippen LogP contribution is 2.32. The second-order valence-electron chi connectivity index (χ2n) is 7.37. The Bertz CT molecular complexity index is 935. The molecular weight excluding hydrogens is 328 g/mol. The third-order valence-electron chi connectivity index (χ3n) is 5.60. The zero-order chi connectivity index (χ0) is 18.4. The summed E-state index contributed by atoms with van der Waals surface area (Å²) in [6, 6.07) is 2.11. The molecule has 0 aromatic carbocycles. The van der Waals surface area contributed by atoms with Gasteiger partial charge in [0.1, 0.15) is 17.7 Å². The molecule has 3 aromatic heterocycles. The first-order valence-electron chi connectivity index (χ1n) is 9.19. The van der Waals surface area contributed by atoms with Gasteiger partial charge in [-0.15, -0.1) is 0 Å². The van der Waals surface area contributed by atoms with Gasteiger partial charge in [-0.1, -0.05) is 0 Å². The van der Waals surface area contributed by atoms with Gasteiger partial charge in [0.15, 0.2) is 5.65 Å². The summed E-state index contributed by atoms with van der Waals surface area (Å²) in [5.74, 6) is 2.07. The number of anilines is 1. The van der Waals surface area contributed by atoms with Crippen molar-refractivity contribution in [1.29, 1.82) is 0 Å². The fraction of sp³-hybridized carbons (Fsp3) is 0.526. The molecule has 3 aromatic rings.